The number of hydrogen-bond acceptors (Lipinski definition) is 2. The van der Waals surface area contributed by atoms with Crippen LogP contribution in [0.3, 0.4) is 0 Å². The number of hydrogen-bond donors (Lipinski definition) is 0. The Labute approximate surface area is 139 Å². The molecule has 0 unspecified atom stereocenters. The molecule has 1 saturated carbocycles. The molecule has 1 amide bonds. The molecule has 0 heterocycles. The number of carbonyl (C=O) groups is 1. The second kappa shape index (κ2) is 8.08. The first-order valence-electron chi connectivity index (χ1n) is 8.01. The fourth-order valence-electron chi connectivity index (χ4n) is 3.02. The summed E-state index contributed by atoms with van der Waals surface area (Å²) in [6, 6.07) is 5.45. The minimum Gasteiger partial charge on any atom is -0.339 e. The van der Waals surface area contributed by atoms with Crippen LogP contribution in [0.5, 0.6) is 0 Å². The Morgan fingerprint density at radius 1 is 1.26 bits per heavy atom. The number of amides is 1. The van der Waals surface area contributed by atoms with Crippen LogP contribution < -0.4 is 0 Å². The number of alkyl halides is 3. The molecule has 1 aliphatic rings. The Bertz CT molecular complexity index is 527. The summed E-state index contributed by atoms with van der Waals surface area (Å²) in [6.45, 7) is 2.62. The van der Waals surface area contributed by atoms with Gasteiger partial charge in [0, 0.05) is 17.5 Å². The molecule has 2 rings (SSSR count). The Morgan fingerprint density at radius 2 is 1.96 bits per heavy atom. The lowest BCUT2D eigenvalue weighted by atomic mass is 9.94. The fraction of sp³-hybridized carbons (Fsp3) is 0.588. The van der Waals surface area contributed by atoms with Gasteiger partial charge in [-0.2, -0.15) is 13.2 Å². The summed E-state index contributed by atoms with van der Waals surface area (Å²) >= 11 is 1.18. The Kier molecular flexibility index (Phi) is 6.39. The lowest BCUT2D eigenvalue weighted by molar-refractivity contribution is -0.137. The highest BCUT2D eigenvalue weighted by molar-refractivity contribution is 8.00. The summed E-state index contributed by atoms with van der Waals surface area (Å²) < 4.78 is 38.1. The molecule has 6 heteroatoms. The van der Waals surface area contributed by atoms with Crippen molar-refractivity contribution in [2.75, 3.05) is 12.3 Å². The van der Waals surface area contributed by atoms with Gasteiger partial charge in [0.2, 0.25) is 5.91 Å². The van der Waals surface area contributed by atoms with Gasteiger partial charge in [-0.1, -0.05) is 25.3 Å². The second-order valence-corrected chi connectivity index (χ2v) is 6.83. The smallest absolute Gasteiger partial charge is 0.339 e. The van der Waals surface area contributed by atoms with E-state index in [1.54, 1.807) is 6.07 Å². The highest BCUT2D eigenvalue weighted by Crippen LogP contribution is 2.32. The van der Waals surface area contributed by atoms with Crippen molar-refractivity contribution in [2.24, 2.45) is 0 Å². The Balaban J connectivity index is 1.95. The molecule has 1 fully saturated rings. The van der Waals surface area contributed by atoms with Gasteiger partial charge < -0.3 is 4.90 Å². The van der Waals surface area contributed by atoms with Crippen LogP contribution in [-0.2, 0) is 11.0 Å². The Hall–Kier alpha value is -1.17. The number of carbonyl (C=O) groups excluding carboxylic acids is 1. The number of halogens is 3. The molecule has 1 aromatic carbocycles. The van der Waals surface area contributed by atoms with Gasteiger partial charge in [-0.05, 0) is 38.0 Å². The predicted molar refractivity (Wildman–Crippen MR) is 86.4 cm³/mol. The van der Waals surface area contributed by atoms with Gasteiger partial charge in [0.25, 0.3) is 0 Å². The van der Waals surface area contributed by atoms with E-state index in [0.29, 0.717) is 17.5 Å². The SMILES string of the molecule is CCN(C(=O)CSc1cccc(C(F)(F)F)c1)C1CCCCC1. The lowest BCUT2D eigenvalue weighted by Crippen LogP contribution is -2.42. The zero-order valence-corrected chi connectivity index (χ0v) is 14.1. The summed E-state index contributed by atoms with van der Waals surface area (Å²) in [5.41, 5.74) is -0.672. The zero-order valence-electron chi connectivity index (χ0n) is 13.2. The van der Waals surface area contributed by atoms with Crippen molar-refractivity contribution in [1.29, 1.82) is 0 Å². The summed E-state index contributed by atoms with van der Waals surface area (Å²) in [4.78, 5) is 14.8. The second-order valence-electron chi connectivity index (χ2n) is 5.79. The van der Waals surface area contributed by atoms with Gasteiger partial charge in [-0.15, -0.1) is 11.8 Å². The minimum atomic E-state index is -4.35. The van der Waals surface area contributed by atoms with Crippen LogP contribution in [0, 0.1) is 0 Å². The van der Waals surface area contributed by atoms with Crippen LogP contribution >= 0.6 is 11.8 Å². The maximum absolute atomic E-state index is 12.7. The maximum Gasteiger partial charge on any atom is 0.416 e. The summed E-state index contributed by atoms with van der Waals surface area (Å²) in [6.07, 6.45) is 1.24. The molecule has 128 valence electrons. The van der Waals surface area contributed by atoms with E-state index in [0.717, 1.165) is 37.8 Å². The number of thioether (sulfide) groups is 1. The molecule has 0 N–H and O–H groups in total. The van der Waals surface area contributed by atoms with E-state index in [9.17, 15) is 18.0 Å². The van der Waals surface area contributed by atoms with Crippen molar-refractivity contribution >= 4 is 17.7 Å². The molecule has 0 aromatic heterocycles. The maximum atomic E-state index is 12.7. The van der Waals surface area contributed by atoms with Gasteiger partial charge in [-0.25, -0.2) is 0 Å². The molecule has 0 atom stereocenters. The molecule has 0 radical (unpaired) electrons. The highest BCUT2D eigenvalue weighted by atomic mass is 32.2. The van der Waals surface area contributed by atoms with Crippen molar-refractivity contribution in [1.82, 2.24) is 4.90 Å². The first-order chi connectivity index (χ1) is 10.9. The average Bonchev–Trinajstić information content (AvgIpc) is 2.54. The Morgan fingerprint density at radius 3 is 2.57 bits per heavy atom. The molecule has 1 aromatic rings. The number of nitrogens with zero attached hydrogens (tertiary/aromatic N) is 1. The highest BCUT2D eigenvalue weighted by Gasteiger charge is 2.30. The molecule has 0 saturated heterocycles. The standard InChI is InChI=1S/C17H22F3NOS/c1-2-21(14-8-4-3-5-9-14)16(22)12-23-15-10-6-7-13(11-15)17(18,19)20/h6-7,10-11,14H,2-5,8-9,12H2,1H3. The van der Waals surface area contributed by atoms with E-state index in [1.165, 1.54) is 24.2 Å². The van der Waals surface area contributed by atoms with Crippen molar-refractivity contribution in [3.63, 3.8) is 0 Å². The molecule has 1 aliphatic carbocycles. The average molecular weight is 345 g/mol. The predicted octanol–water partition coefficient (Wildman–Crippen LogP) is 4.98. The normalized spacial score (nSPS) is 16.3. The summed E-state index contributed by atoms with van der Waals surface area (Å²) in [5.74, 6) is 0.202. The fourth-order valence-corrected chi connectivity index (χ4v) is 3.86. The zero-order chi connectivity index (χ0) is 16.9. The molecular formula is C17H22F3NOS. The third-order valence-electron chi connectivity index (χ3n) is 4.20. The van der Waals surface area contributed by atoms with E-state index in [1.807, 2.05) is 11.8 Å². The third kappa shape index (κ3) is 5.16. The lowest BCUT2D eigenvalue weighted by Gasteiger charge is -2.33. The van der Waals surface area contributed by atoms with Crippen LogP contribution in [0.1, 0.15) is 44.6 Å². The minimum absolute atomic E-state index is 0.0156. The van der Waals surface area contributed by atoms with Gasteiger partial charge in [0.05, 0.1) is 11.3 Å². The molecular weight excluding hydrogens is 323 g/mol. The van der Waals surface area contributed by atoms with Gasteiger partial charge in [0.15, 0.2) is 0 Å². The van der Waals surface area contributed by atoms with Crippen molar-refractivity contribution in [2.45, 2.75) is 56.1 Å². The number of benzene rings is 1. The van der Waals surface area contributed by atoms with E-state index >= 15 is 0 Å². The van der Waals surface area contributed by atoms with E-state index in [2.05, 4.69) is 0 Å². The van der Waals surface area contributed by atoms with Gasteiger partial charge in [-0.3, -0.25) is 4.79 Å². The van der Waals surface area contributed by atoms with Crippen LogP contribution in [0.4, 0.5) is 13.2 Å². The van der Waals surface area contributed by atoms with Crippen molar-refractivity contribution in [3.05, 3.63) is 29.8 Å². The molecule has 23 heavy (non-hydrogen) atoms. The molecule has 0 aliphatic heterocycles. The monoisotopic (exact) mass is 345 g/mol. The van der Waals surface area contributed by atoms with Gasteiger partial charge >= 0.3 is 6.18 Å². The van der Waals surface area contributed by atoms with E-state index in [-0.39, 0.29) is 11.7 Å². The molecule has 2 nitrogen and oxygen atoms in total. The van der Waals surface area contributed by atoms with Crippen molar-refractivity contribution < 1.29 is 18.0 Å². The van der Waals surface area contributed by atoms with Crippen LogP contribution in [0.2, 0.25) is 0 Å². The number of rotatable bonds is 5. The van der Waals surface area contributed by atoms with Crippen LogP contribution in [0.25, 0.3) is 0 Å². The topological polar surface area (TPSA) is 20.3 Å². The third-order valence-corrected chi connectivity index (χ3v) is 5.18. The van der Waals surface area contributed by atoms with E-state index in [4.69, 9.17) is 0 Å². The summed E-state index contributed by atoms with van der Waals surface area (Å²) in [7, 11) is 0. The van der Waals surface area contributed by atoms with Gasteiger partial charge in [0.1, 0.15) is 0 Å². The first kappa shape index (κ1) is 18.2. The molecule has 0 bridgehead atoms. The first-order valence-corrected chi connectivity index (χ1v) is 9.00. The van der Waals surface area contributed by atoms with Crippen LogP contribution in [0.15, 0.2) is 29.2 Å². The van der Waals surface area contributed by atoms with E-state index < -0.39 is 11.7 Å². The largest absolute Gasteiger partial charge is 0.416 e. The quantitative estimate of drug-likeness (QED) is 0.702. The van der Waals surface area contributed by atoms with Crippen LogP contribution in [-0.4, -0.2) is 29.1 Å². The van der Waals surface area contributed by atoms with Crippen molar-refractivity contribution in [3.8, 4) is 0 Å². The molecule has 0 spiro atoms. The summed E-state index contributed by atoms with van der Waals surface area (Å²) in [5, 5.41) is 0.